The summed E-state index contributed by atoms with van der Waals surface area (Å²) in [5.74, 6) is 1.72. The highest BCUT2D eigenvalue weighted by Crippen LogP contribution is 2.17. The van der Waals surface area contributed by atoms with Gasteiger partial charge in [-0.2, -0.15) is 0 Å². The van der Waals surface area contributed by atoms with E-state index < -0.39 is 8.07 Å². The van der Waals surface area contributed by atoms with E-state index in [4.69, 9.17) is 0 Å². The molecule has 0 aliphatic heterocycles. The van der Waals surface area contributed by atoms with Gasteiger partial charge in [0.15, 0.2) is 0 Å². The summed E-state index contributed by atoms with van der Waals surface area (Å²) in [6, 6.07) is 9.44. The van der Waals surface area contributed by atoms with E-state index in [1.807, 2.05) is 0 Å². The molecular weight excluding hydrogens is 256 g/mol. The summed E-state index contributed by atoms with van der Waals surface area (Å²) in [6.45, 7) is 14.3. The lowest BCUT2D eigenvalue weighted by Gasteiger charge is -2.17. The lowest BCUT2D eigenvalue weighted by atomic mass is 9.94. The topological polar surface area (TPSA) is 0 Å². The first-order valence-corrected chi connectivity index (χ1v) is 11.9. The summed E-state index contributed by atoms with van der Waals surface area (Å²) >= 11 is 0. The zero-order chi connectivity index (χ0) is 15.2. The Hall–Kier alpha value is -0.563. The first kappa shape index (κ1) is 17.5. The average molecular weight is 291 g/mol. The number of rotatable bonds is 8. The van der Waals surface area contributed by atoms with Crippen LogP contribution in [0.15, 0.2) is 24.3 Å². The minimum absolute atomic E-state index is 0.858. The molecule has 1 aromatic rings. The summed E-state index contributed by atoms with van der Waals surface area (Å²) in [5.41, 5.74) is 1.52. The Bertz CT molecular complexity index is 370. The van der Waals surface area contributed by atoms with Gasteiger partial charge in [-0.15, -0.1) is 0 Å². The van der Waals surface area contributed by atoms with Crippen LogP contribution in [0, 0.1) is 11.8 Å². The summed E-state index contributed by atoms with van der Waals surface area (Å²) in [6.07, 6.45) is 6.76. The fourth-order valence-corrected chi connectivity index (χ4v) is 3.77. The van der Waals surface area contributed by atoms with E-state index in [2.05, 4.69) is 64.7 Å². The summed E-state index contributed by atoms with van der Waals surface area (Å²) in [7, 11) is -1.13. The molecule has 0 saturated carbocycles. The standard InChI is InChI=1S/C19H34Si/c1-16(2)8-7-9-17(3)10-11-18-12-14-19(15-13-18)20(4,5)6/h12-17H,7-11H2,1-6H3. The monoisotopic (exact) mass is 290 g/mol. The lowest BCUT2D eigenvalue weighted by Crippen LogP contribution is -2.37. The fourth-order valence-electron chi connectivity index (χ4n) is 2.60. The highest BCUT2D eigenvalue weighted by Gasteiger charge is 2.15. The van der Waals surface area contributed by atoms with Crippen LogP contribution in [-0.4, -0.2) is 8.07 Å². The Morgan fingerprint density at radius 3 is 1.95 bits per heavy atom. The van der Waals surface area contributed by atoms with E-state index in [1.54, 1.807) is 5.19 Å². The quantitative estimate of drug-likeness (QED) is 0.545. The molecular formula is C19H34Si. The van der Waals surface area contributed by atoms with Gasteiger partial charge in [-0.25, -0.2) is 0 Å². The SMILES string of the molecule is CC(C)CCCC(C)CCc1ccc([Si](C)(C)C)cc1. The van der Waals surface area contributed by atoms with E-state index in [1.165, 1.54) is 37.7 Å². The van der Waals surface area contributed by atoms with Gasteiger partial charge >= 0.3 is 0 Å². The second kappa shape index (κ2) is 8.02. The van der Waals surface area contributed by atoms with Gasteiger partial charge in [-0.3, -0.25) is 0 Å². The van der Waals surface area contributed by atoms with Gasteiger partial charge in [-0.05, 0) is 30.2 Å². The Morgan fingerprint density at radius 1 is 0.850 bits per heavy atom. The maximum absolute atomic E-state index is 2.42. The molecule has 0 nitrogen and oxygen atoms in total. The van der Waals surface area contributed by atoms with Crippen molar-refractivity contribution in [3.05, 3.63) is 29.8 Å². The van der Waals surface area contributed by atoms with Gasteiger partial charge in [-0.1, -0.05) is 89.1 Å². The molecule has 114 valence electrons. The van der Waals surface area contributed by atoms with Gasteiger partial charge in [0, 0.05) is 0 Å². The van der Waals surface area contributed by atoms with Crippen molar-refractivity contribution in [1.29, 1.82) is 0 Å². The smallest absolute Gasteiger partial charge is 0.0656 e. The third-order valence-corrected chi connectivity index (χ3v) is 6.29. The first-order valence-electron chi connectivity index (χ1n) is 8.38. The molecule has 0 spiro atoms. The predicted molar refractivity (Wildman–Crippen MR) is 95.6 cm³/mol. The van der Waals surface area contributed by atoms with Gasteiger partial charge in [0.2, 0.25) is 0 Å². The van der Waals surface area contributed by atoms with E-state index in [-0.39, 0.29) is 0 Å². The van der Waals surface area contributed by atoms with Crippen LogP contribution in [0.25, 0.3) is 0 Å². The van der Waals surface area contributed by atoms with Crippen LogP contribution in [0.3, 0.4) is 0 Å². The number of benzene rings is 1. The molecule has 0 radical (unpaired) electrons. The minimum Gasteiger partial charge on any atom is -0.0656 e. The van der Waals surface area contributed by atoms with E-state index in [0.29, 0.717) is 0 Å². The average Bonchev–Trinajstić information content (AvgIpc) is 2.35. The minimum atomic E-state index is -1.13. The highest BCUT2D eigenvalue weighted by molar-refractivity contribution is 6.88. The third kappa shape index (κ3) is 6.74. The van der Waals surface area contributed by atoms with Gasteiger partial charge in [0.05, 0.1) is 8.07 Å². The van der Waals surface area contributed by atoms with Crippen molar-refractivity contribution in [3.8, 4) is 0 Å². The fraction of sp³-hybridized carbons (Fsp3) is 0.684. The maximum atomic E-state index is 2.42. The largest absolute Gasteiger partial charge is 0.0775 e. The van der Waals surface area contributed by atoms with Crippen LogP contribution >= 0.6 is 0 Å². The summed E-state index contributed by atoms with van der Waals surface area (Å²) in [5, 5.41) is 1.58. The predicted octanol–water partition coefficient (Wildman–Crippen LogP) is 5.63. The Labute approximate surface area is 128 Å². The molecule has 0 fully saturated rings. The van der Waals surface area contributed by atoms with Crippen molar-refractivity contribution in [1.82, 2.24) is 0 Å². The van der Waals surface area contributed by atoms with Crippen LogP contribution < -0.4 is 5.19 Å². The van der Waals surface area contributed by atoms with E-state index in [0.717, 1.165) is 11.8 Å². The van der Waals surface area contributed by atoms with Gasteiger partial charge in [0.1, 0.15) is 0 Å². The van der Waals surface area contributed by atoms with Crippen LogP contribution in [0.2, 0.25) is 19.6 Å². The zero-order valence-corrected chi connectivity index (χ0v) is 15.5. The second-order valence-electron chi connectivity index (χ2n) is 7.92. The van der Waals surface area contributed by atoms with Crippen LogP contribution in [0.4, 0.5) is 0 Å². The highest BCUT2D eigenvalue weighted by atomic mass is 28.3. The molecule has 1 aromatic carbocycles. The van der Waals surface area contributed by atoms with Crippen molar-refractivity contribution in [2.75, 3.05) is 0 Å². The molecule has 0 bridgehead atoms. The van der Waals surface area contributed by atoms with E-state index >= 15 is 0 Å². The number of aryl methyl sites for hydroxylation is 1. The van der Waals surface area contributed by atoms with Crippen LogP contribution in [0.1, 0.15) is 52.0 Å². The second-order valence-corrected chi connectivity index (χ2v) is 13.0. The van der Waals surface area contributed by atoms with Crippen LogP contribution in [-0.2, 0) is 6.42 Å². The summed E-state index contributed by atoms with van der Waals surface area (Å²) in [4.78, 5) is 0. The van der Waals surface area contributed by atoms with Gasteiger partial charge in [0.25, 0.3) is 0 Å². The number of hydrogen-bond donors (Lipinski definition) is 0. The molecule has 0 aliphatic rings. The molecule has 0 saturated heterocycles. The van der Waals surface area contributed by atoms with E-state index in [9.17, 15) is 0 Å². The molecule has 20 heavy (non-hydrogen) atoms. The molecule has 0 amide bonds. The molecule has 1 rings (SSSR count). The maximum Gasteiger partial charge on any atom is 0.0775 e. The molecule has 1 atom stereocenters. The van der Waals surface area contributed by atoms with Crippen molar-refractivity contribution < 1.29 is 0 Å². The van der Waals surface area contributed by atoms with Crippen molar-refractivity contribution in [2.45, 2.75) is 72.5 Å². The molecule has 0 N–H and O–H groups in total. The normalized spacial score (nSPS) is 13.8. The van der Waals surface area contributed by atoms with Crippen LogP contribution in [0.5, 0.6) is 0 Å². The molecule has 1 heteroatoms. The Balaban J connectivity index is 2.34. The third-order valence-electron chi connectivity index (χ3n) is 4.22. The molecule has 0 aromatic heterocycles. The molecule has 0 aliphatic carbocycles. The van der Waals surface area contributed by atoms with Crippen molar-refractivity contribution in [2.24, 2.45) is 11.8 Å². The van der Waals surface area contributed by atoms with Crippen molar-refractivity contribution >= 4 is 13.3 Å². The molecule has 0 heterocycles. The molecule has 1 unspecified atom stereocenters. The zero-order valence-electron chi connectivity index (χ0n) is 14.5. The summed E-state index contributed by atoms with van der Waals surface area (Å²) < 4.78 is 0. The Morgan fingerprint density at radius 2 is 1.45 bits per heavy atom. The van der Waals surface area contributed by atoms with Crippen molar-refractivity contribution in [3.63, 3.8) is 0 Å². The lowest BCUT2D eigenvalue weighted by molar-refractivity contribution is 0.437. The first-order chi connectivity index (χ1) is 9.29. The Kier molecular flexibility index (Phi) is 7.01. The number of hydrogen-bond acceptors (Lipinski definition) is 0. The van der Waals surface area contributed by atoms with Gasteiger partial charge < -0.3 is 0 Å².